The minimum atomic E-state index is -3.09. The Kier molecular flexibility index (Phi) is 5.71. The molecule has 1 atom stereocenters. The first-order chi connectivity index (χ1) is 10.3. The number of hydrogen-bond acceptors (Lipinski definition) is 4. The molecular weight excluding hydrogens is 349 g/mol. The maximum absolute atomic E-state index is 12.7. The van der Waals surface area contributed by atoms with Gasteiger partial charge < -0.3 is 9.64 Å². The summed E-state index contributed by atoms with van der Waals surface area (Å²) < 4.78 is 28.4. The molecule has 0 spiro atoms. The SMILES string of the molecule is COCCN(C(=O)c1ccc(Cl)cc1Cl)C1CCS(=O)(=O)C1. The van der Waals surface area contributed by atoms with Crippen molar-refractivity contribution >= 4 is 38.9 Å². The minimum absolute atomic E-state index is 0.0202. The van der Waals surface area contributed by atoms with Crippen LogP contribution >= 0.6 is 23.2 Å². The molecule has 122 valence electrons. The summed E-state index contributed by atoms with van der Waals surface area (Å²) in [6, 6.07) is 4.28. The molecule has 1 amide bonds. The van der Waals surface area contributed by atoms with Crippen molar-refractivity contribution in [2.75, 3.05) is 31.8 Å². The maximum Gasteiger partial charge on any atom is 0.255 e. The van der Waals surface area contributed by atoms with E-state index in [1.165, 1.54) is 18.1 Å². The molecule has 1 aromatic rings. The second-order valence-electron chi connectivity index (χ2n) is 5.17. The van der Waals surface area contributed by atoms with E-state index in [0.717, 1.165) is 0 Å². The number of hydrogen-bond donors (Lipinski definition) is 0. The van der Waals surface area contributed by atoms with E-state index in [2.05, 4.69) is 0 Å². The number of nitrogens with zero attached hydrogens (tertiary/aromatic N) is 1. The highest BCUT2D eigenvalue weighted by atomic mass is 35.5. The average molecular weight is 366 g/mol. The van der Waals surface area contributed by atoms with Gasteiger partial charge in [0.25, 0.3) is 5.91 Å². The van der Waals surface area contributed by atoms with E-state index in [1.54, 1.807) is 12.1 Å². The molecule has 2 rings (SSSR count). The summed E-state index contributed by atoms with van der Waals surface area (Å²) in [5.41, 5.74) is 0.312. The second kappa shape index (κ2) is 7.17. The lowest BCUT2D eigenvalue weighted by molar-refractivity contribution is 0.0624. The molecule has 5 nitrogen and oxygen atoms in total. The number of rotatable bonds is 5. The van der Waals surface area contributed by atoms with Crippen LogP contribution in [0.25, 0.3) is 0 Å². The quantitative estimate of drug-likeness (QED) is 0.802. The van der Waals surface area contributed by atoms with Crippen molar-refractivity contribution < 1.29 is 17.9 Å². The van der Waals surface area contributed by atoms with Gasteiger partial charge >= 0.3 is 0 Å². The molecular formula is C14H17Cl2NO4S. The summed E-state index contributed by atoms with van der Waals surface area (Å²) in [6.07, 6.45) is 0.434. The Bertz CT molecular complexity index is 663. The summed E-state index contributed by atoms with van der Waals surface area (Å²) >= 11 is 11.9. The van der Waals surface area contributed by atoms with Gasteiger partial charge in [0.15, 0.2) is 9.84 Å². The first-order valence-corrected chi connectivity index (χ1v) is 9.37. The molecule has 0 saturated carbocycles. The van der Waals surface area contributed by atoms with Crippen molar-refractivity contribution in [3.05, 3.63) is 33.8 Å². The normalized spacial score (nSPS) is 20.0. The van der Waals surface area contributed by atoms with Crippen LogP contribution in [-0.2, 0) is 14.6 Å². The fourth-order valence-electron chi connectivity index (χ4n) is 2.48. The second-order valence-corrected chi connectivity index (χ2v) is 8.24. The van der Waals surface area contributed by atoms with Crippen molar-refractivity contribution in [2.24, 2.45) is 0 Å². The number of sulfone groups is 1. The van der Waals surface area contributed by atoms with Gasteiger partial charge in [0.2, 0.25) is 0 Å². The van der Waals surface area contributed by atoms with Crippen LogP contribution in [0.2, 0.25) is 10.0 Å². The summed E-state index contributed by atoms with van der Waals surface area (Å²) in [6.45, 7) is 0.641. The van der Waals surface area contributed by atoms with Crippen LogP contribution in [0.1, 0.15) is 16.8 Å². The smallest absolute Gasteiger partial charge is 0.255 e. The largest absolute Gasteiger partial charge is 0.383 e. The number of amides is 1. The number of carbonyl (C=O) groups is 1. The molecule has 0 aromatic heterocycles. The zero-order valence-corrected chi connectivity index (χ0v) is 14.4. The fraction of sp³-hybridized carbons (Fsp3) is 0.500. The molecule has 1 aliphatic heterocycles. The lowest BCUT2D eigenvalue weighted by atomic mass is 10.1. The Morgan fingerprint density at radius 2 is 2.14 bits per heavy atom. The van der Waals surface area contributed by atoms with Gasteiger partial charge in [0, 0.05) is 24.7 Å². The molecule has 1 heterocycles. The molecule has 1 fully saturated rings. The summed E-state index contributed by atoms with van der Waals surface area (Å²) in [7, 11) is -1.56. The van der Waals surface area contributed by atoms with Gasteiger partial charge in [-0.2, -0.15) is 0 Å². The Morgan fingerprint density at radius 3 is 2.68 bits per heavy atom. The third-order valence-corrected chi connectivity index (χ3v) is 5.91. The van der Waals surface area contributed by atoms with E-state index >= 15 is 0 Å². The maximum atomic E-state index is 12.7. The van der Waals surface area contributed by atoms with Crippen molar-refractivity contribution in [3.8, 4) is 0 Å². The number of benzene rings is 1. The molecule has 0 radical (unpaired) electrons. The first kappa shape index (κ1) is 17.5. The number of halogens is 2. The van der Waals surface area contributed by atoms with E-state index in [1.807, 2.05) is 0 Å². The van der Waals surface area contributed by atoms with Crippen LogP contribution < -0.4 is 0 Å². The first-order valence-electron chi connectivity index (χ1n) is 6.79. The van der Waals surface area contributed by atoms with E-state index < -0.39 is 9.84 Å². The van der Waals surface area contributed by atoms with Gasteiger partial charge in [0.1, 0.15) is 0 Å². The molecule has 1 unspecified atom stereocenters. The Labute approximate surface area is 140 Å². The van der Waals surface area contributed by atoms with Crippen LogP contribution in [0.5, 0.6) is 0 Å². The van der Waals surface area contributed by atoms with Crippen molar-refractivity contribution in [1.29, 1.82) is 0 Å². The van der Waals surface area contributed by atoms with Crippen molar-refractivity contribution in [2.45, 2.75) is 12.5 Å². The Morgan fingerprint density at radius 1 is 1.41 bits per heavy atom. The van der Waals surface area contributed by atoms with Gasteiger partial charge in [0.05, 0.1) is 28.7 Å². The van der Waals surface area contributed by atoms with Crippen LogP contribution in [-0.4, -0.2) is 57.0 Å². The number of ether oxygens (including phenoxy) is 1. The van der Waals surface area contributed by atoms with Gasteiger partial charge in [-0.1, -0.05) is 23.2 Å². The van der Waals surface area contributed by atoms with Crippen LogP contribution in [0.15, 0.2) is 18.2 Å². The van der Waals surface area contributed by atoms with Gasteiger partial charge in [-0.3, -0.25) is 4.79 Å². The topological polar surface area (TPSA) is 63.7 Å². The summed E-state index contributed by atoms with van der Waals surface area (Å²) in [5, 5.41) is 0.689. The molecule has 1 saturated heterocycles. The van der Waals surface area contributed by atoms with E-state index in [0.29, 0.717) is 30.2 Å². The van der Waals surface area contributed by atoms with Crippen LogP contribution in [0.4, 0.5) is 0 Å². The predicted octanol–water partition coefficient (Wildman–Crippen LogP) is 2.27. The highest BCUT2D eigenvalue weighted by Gasteiger charge is 2.35. The lowest BCUT2D eigenvalue weighted by Crippen LogP contribution is -2.43. The van der Waals surface area contributed by atoms with Gasteiger partial charge in [-0.05, 0) is 24.6 Å². The highest BCUT2D eigenvalue weighted by molar-refractivity contribution is 7.91. The van der Waals surface area contributed by atoms with Crippen LogP contribution in [0, 0.1) is 0 Å². The summed E-state index contributed by atoms with van der Waals surface area (Å²) in [5.74, 6) is -0.225. The van der Waals surface area contributed by atoms with Gasteiger partial charge in [-0.15, -0.1) is 0 Å². The zero-order chi connectivity index (χ0) is 16.3. The molecule has 22 heavy (non-hydrogen) atoms. The van der Waals surface area contributed by atoms with Crippen molar-refractivity contribution in [1.82, 2.24) is 4.90 Å². The van der Waals surface area contributed by atoms with Crippen LogP contribution in [0.3, 0.4) is 0 Å². The molecule has 0 aliphatic carbocycles. The third-order valence-electron chi connectivity index (χ3n) is 3.61. The Balaban J connectivity index is 2.26. The number of methoxy groups -OCH3 is 1. The minimum Gasteiger partial charge on any atom is -0.383 e. The molecule has 1 aromatic carbocycles. The average Bonchev–Trinajstić information content (AvgIpc) is 2.79. The predicted molar refractivity (Wildman–Crippen MR) is 86.4 cm³/mol. The van der Waals surface area contributed by atoms with E-state index in [4.69, 9.17) is 27.9 Å². The monoisotopic (exact) mass is 365 g/mol. The molecule has 1 aliphatic rings. The van der Waals surface area contributed by atoms with E-state index in [9.17, 15) is 13.2 Å². The lowest BCUT2D eigenvalue weighted by Gasteiger charge is -2.28. The number of carbonyl (C=O) groups excluding carboxylic acids is 1. The summed E-state index contributed by atoms with van der Waals surface area (Å²) in [4.78, 5) is 14.3. The van der Waals surface area contributed by atoms with Gasteiger partial charge in [-0.25, -0.2) is 8.42 Å². The molecule has 0 bridgehead atoms. The third kappa shape index (κ3) is 4.13. The molecule has 8 heteroatoms. The Hall–Kier alpha value is -0.820. The van der Waals surface area contributed by atoms with Crippen molar-refractivity contribution in [3.63, 3.8) is 0 Å². The molecule has 0 N–H and O–H groups in total. The fourth-order valence-corrected chi connectivity index (χ4v) is 4.70. The zero-order valence-electron chi connectivity index (χ0n) is 12.1. The highest BCUT2D eigenvalue weighted by Crippen LogP contribution is 2.25. The van der Waals surface area contributed by atoms with E-state index in [-0.39, 0.29) is 28.5 Å². The standard InChI is InChI=1S/C14H17Cl2NO4S/c1-21-6-5-17(11-4-7-22(19,20)9-11)14(18)12-3-2-10(15)8-13(12)16/h2-3,8,11H,4-7,9H2,1H3.